The zero-order valence-electron chi connectivity index (χ0n) is 32.1. The van der Waals surface area contributed by atoms with Crippen LogP contribution in [0.25, 0.3) is 0 Å². The summed E-state index contributed by atoms with van der Waals surface area (Å²) < 4.78 is 0. The lowest BCUT2D eigenvalue weighted by Crippen LogP contribution is -2.55. The first-order valence-electron chi connectivity index (χ1n) is 21.6. The molecule has 2 heteroatoms. The topological polar surface area (TPSA) is 52.0 Å². The van der Waals surface area contributed by atoms with E-state index in [1.165, 1.54) is 225 Å². The molecule has 0 fully saturated rings. The number of hydrogen-bond acceptors (Lipinski definition) is 2. The summed E-state index contributed by atoms with van der Waals surface area (Å²) in [5, 5.41) is 0. The summed E-state index contributed by atoms with van der Waals surface area (Å²) in [4.78, 5) is 0. The van der Waals surface area contributed by atoms with Crippen LogP contribution in [0, 0.1) is 0 Å². The van der Waals surface area contributed by atoms with Crippen LogP contribution in [0.5, 0.6) is 0 Å². The van der Waals surface area contributed by atoms with E-state index >= 15 is 0 Å². The monoisotopic (exact) mass is 635 g/mol. The Morgan fingerprint density at radius 1 is 0.311 bits per heavy atom. The molecule has 0 aromatic rings. The summed E-state index contributed by atoms with van der Waals surface area (Å²) in [6, 6.07) is 0.178. The zero-order chi connectivity index (χ0) is 32.9. The summed E-state index contributed by atoms with van der Waals surface area (Å²) in [6.07, 6.45) is 52.7. The van der Waals surface area contributed by atoms with Gasteiger partial charge in [0.2, 0.25) is 0 Å². The largest absolute Gasteiger partial charge is 0.326 e. The molecule has 0 aliphatic carbocycles. The average Bonchev–Trinajstić information content (AvgIpc) is 3.04. The van der Waals surface area contributed by atoms with Crippen LogP contribution in [0.4, 0.5) is 0 Å². The fourth-order valence-electron chi connectivity index (χ4n) is 7.40. The van der Waals surface area contributed by atoms with Crippen molar-refractivity contribution in [1.29, 1.82) is 0 Å². The molecule has 0 amide bonds. The molecule has 0 spiro atoms. The highest BCUT2D eigenvalue weighted by atomic mass is 14.9. The molecule has 45 heavy (non-hydrogen) atoms. The third-order valence-electron chi connectivity index (χ3n) is 10.8. The molecule has 0 aromatic carbocycles. The first-order valence-corrected chi connectivity index (χ1v) is 21.6. The van der Waals surface area contributed by atoms with E-state index in [1.807, 2.05) is 0 Å². The Morgan fingerprint density at radius 2 is 0.511 bits per heavy atom. The standard InChI is InChI=1S/C43H90N2/c1-4-7-10-12-14-16-18-20-22-24-26-28-30-32-34-36-39-42(44)43(45,40-37-9-6-3)41-38-35-33-31-29-27-25-23-21-19-17-15-13-11-8-5-2/h42H,4-41,44-45H2,1-3H3. The molecule has 0 saturated heterocycles. The lowest BCUT2D eigenvalue weighted by atomic mass is 9.79. The van der Waals surface area contributed by atoms with Crippen LogP contribution in [0.1, 0.15) is 265 Å². The van der Waals surface area contributed by atoms with Gasteiger partial charge in [-0.05, 0) is 19.3 Å². The van der Waals surface area contributed by atoms with E-state index in [0.717, 1.165) is 19.3 Å². The molecule has 0 radical (unpaired) electrons. The van der Waals surface area contributed by atoms with E-state index in [4.69, 9.17) is 11.5 Å². The Morgan fingerprint density at radius 3 is 0.800 bits per heavy atom. The molecular formula is C43H90N2. The van der Waals surface area contributed by atoms with E-state index in [9.17, 15) is 0 Å². The van der Waals surface area contributed by atoms with Crippen LogP contribution in [0.3, 0.4) is 0 Å². The van der Waals surface area contributed by atoms with Gasteiger partial charge in [0.05, 0.1) is 0 Å². The van der Waals surface area contributed by atoms with Crippen LogP contribution in [-0.4, -0.2) is 11.6 Å². The molecular weight excluding hydrogens is 544 g/mol. The molecule has 0 aliphatic heterocycles. The van der Waals surface area contributed by atoms with Crippen molar-refractivity contribution in [3.8, 4) is 0 Å². The minimum absolute atomic E-state index is 0.138. The van der Waals surface area contributed by atoms with Crippen molar-refractivity contribution in [2.24, 2.45) is 11.5 Å². The molecule has 0 aromatic heterocycles. The maximum Gasteiger partial charge on any atom is 0.0307 e. The summed E-state index contributed by atoms with van der Waals surface area (Å²) in [5.74, 6) is 0. The van der Waals surface area contributed by atoms with Crippen LogP contribution < -0.4 is 11.5 Å². The highest BCUT2D eigenvalue weighted by molar-refractivity contribution is 4.94. The maximum atomic E-state index is 7.08. The van der Waals surface area contributed by atoms with Gasteiger partial charge in [-0.15, -0.1) is 0 Å². The molecule has 272 valence electrons. The first kappa shape index (κ1) is 44.9. The number of nitrogens with two attached hydrogens (primary N) is 2. The van der Waals surface area contributed by atoms with Gasteiger partial charge < -0.3 is 11.5 Å². The molecule has 0 aliphatic rings. The highest BCUT2D eigenvalue weighted by Crippen LogP contribution is 2.26. The highest BCUT2D eigenvalue weighted by Gasteiger charge is 2.30. The Balaban J connectivity index is 3.79. The SMILES string of the molecule is CCCCCCCCCCCCCCCCCCC(N)C(N)(CCCCC)CCCCCCCCCCCCCCCCCC. The Bertz CT molecular complexity index is 534. The van der Waals surface area contributed by atoms with E-state index in [0.29, 0.717) is 0 Å². The van der Waals surface area contributed by atoms with Gasteiger partial charge in [-0.2, -0.15) is 0 Å². The summed E-state index contributed by atoms with van der Waals surface area (Å²) in [7, 11) is 0. The number of hydrogen-bond donors (Lipinski definition) is 2. The quantitative estimate of drug-likeness (QED) is 0.0661. The molecule has 0 saturated carbocycles. The minimum Gasteiger partial charge on any atom is -0.326 e. The Hall–Kier alpha value is -0.0800. The van der Waals surface area contributed by atoms with Gasteiger partial charge >= 0.3 is 0 Å². The van der Waals surface area contributed by atoms with Gasteiger partial charge in [-0.1, -0.05) is 245 Å². The lowest BCUT2D eigenvalue weighted by Gasteiger charge is -2.36. The minimum atomic E-state index is -0.138. The predicted molar refractivity (Wildman–Crippen MR) is 207 cm³/mol. The fraction of sp³-hybridized carbons (Fsp3) is 1.00. The van der Waals surface area contributed by atoms with Crippen molar-refractivity contribution < 1.29 is 0 Å². The molecule has 2 nitrogen and oxygen atoms in total. The van der Waals surface area contributed by atoms with Gasteiger partial charge in [0.15, 0.2) is 0 Å². The number of unbranched alkanes of at least 4 members (excludes halogenated alkanes) is 32. The lowest BCUT2D eigenvalue weighted by molar-refractivity contribution is 0.264. The van der Waals surface area contributed by atoms with Crippen LogP contribution in [0.15, 0.2) is 0 Å². The number of rotatable bonds is 39. The van der Waals surface area contributed by atoms with Crippen LogP contribution in [0.2, 0.25) is 0 Å². The summed E-state index contributed by atoms with van der Waals surface area (Å²) >= 11 is 0. The second-order valence-corrected chi connectivity index (χ2v) is 15.4. The van der Waals surface area contributed by atoms with E-state index < -0.39 is 0 Å². The molecule has 2 atom stereocenters. The van der Waals surface area contributed by atoms with Gasteiger partial charge in [-0.3, -0.25) is 0 Å². The van der Waals surface area contributed by atoms with Crippen molar-refractivity contribution in [3.05, 3.63) is 0 Å². The molecule has 0 rings (SSSR count). The van der Waals surface area contributed by atoms with Gasteiger partial charge in [0.25, 0.3) is 0 Å². The van der Waals surface area contributed by atoms with Crippen molar-refractivity contribution in [3.63, 3.8) is 0 Å². The molecule has 2 unspecified atom stereocenters. The van der Waals surface area contributed by atoms with Crippen LogP contribution in [-0.2, 0) is 0 Å². The van der Waals surface area contributed by atoms with Gasteiger partial charge in [-0.25, -0.2) is 0 Å². The molecule has 4 N–H and O–H groups in total. The zero-order valence-corrected chi connectivity index (χ0v) is 32.1. The fourth-order valence-corrected chi connectivity index (χ4v) is 7.40. The molecule has 0 heterocycles. The maximum absolute atomic E-state index is 7.08. The second-order valence-electron chi connectivity index (χ2n) is 15.4. The third kappa shape index (κ3) is 32.3. The second kappa shape index (κ2) is 36.8. The van der Waals surface area contributed by atoms with Crippen molar-refractivity contribution in [1.82, 2.24) is 0 Å². The Kier molecular flexibility index (Phi) is 36.7. The van der Waals surface area contributed by atoms with E-state index in [2.05, 4.69) is 20.8 Å². The normalized spacial score (nSPS) is 13.8. The Labute approximate surface area is 287 Å². The summed E-state index contributed by atoms with van der Waals surface area (Å²) in [6.45, 7) is 6.91. The van der Waals surface area contributed by atoms with Crippen molar-refractivity contribution in [2.45, 2.75) is 276 Å². The third-order valence-corrected chi connectivity index (χ3v) is 10.8. The first-order chi connectivity index (χ1) is 22.1. The van der Waals surface area contributed by atoms with E-state index in [-0.39, 0.29) is 11.6 Å². The van der Waals surface area contributed by atoms with Gasteiger partial charge in [0, 0.05) is 11.6 Å². The molecule has 0 bridgehead atoms. The predicted octanol–water partition coefficient (Wildman–Crippen LogP) is 14.9. The summed E-state index contributed by atoms with van der Waals surface area (Å²) in [5.41, 5.74) is 13.8. The smallest absolute Gasteiger partial charge is 0.0307 e. The van der Waals surface area contributed by atoms with E-state index in [1.54, 1.807) is 0 Å². The van der Waals surface area contributed by atoms with Gasteiger partial charge in [0.1, 0.15) is 0 Å². The van der Waals surface area contributed by atoms with Crippen molar-refractivity contribution in [2.75, 3.05) is 0 Å². The van der Waals surface area contributed by atoms with Crippen molar-refractivity contribution >= 4 is 0 Å². The average molecular weight is 635 g/mol. The van der Waals surface area contributed by atoms with Crippen LogP contribution >= 0.6 is 0 Å².